The Kier molecular flexibility index (Phi) is 8.24. The summed E-state index contributed by atoms with van der Waals surface area (Å²) in [6, 6.07) is 10.7. The van der Waals surface area contributed by atoms with Crippen molar-refractivity contribution in [3.8, 4) is 11.3 Å². The molecule has 1 amide bonds. The number of aromatic nitrogens is 4. The minimum atomic E-state index is -4.85. The Balaban J connectivity index is 1.28. The molecule has 1 N–H and O–H groups in total. The Morgan fingerprint density at radius 2 is 1.82 bits per heavy atom. The fourth-order valence-electron chi connectivity index (χ4n) is 6.86. The molecule has 3 fully saturated rings. The zero-order valence-corrected chi connectivity index (χ0v) is 28.9. The summed E-state index contributed by atoms with van der Waals surface area (Å²) in [4.78, 5) is 29.2. The van der Waals surface area contributed by atoms with E-state index < -0.39 is 39.2 Å². The molecule has 1 saturated carbocycles. The van der Waals surface area contributed by atoms with Crippen LogP contribution in [0.2, 0.25) is 0 Å². The summed E-state index contributed by atoms with van der Waals surface area (Å²) in [5.74, 6) is 0.436. The summed E-state index contributed by atoms with van der Waals surface area (Å²) in [6.07, 6.45) is -1.86. The molecule has 3 aromatic heterocycles. The normalized spacial score (nSPS) is 20.8. The Bertz CT molecular complexity index is 2040. The second-order valence-corrected chi connectivity index (χ2v) is 16.0. The van der Waals surface area contributed by atoms with Crippen molar-refractivity contribution >= 4 is 38.9 Å². The number of amides is 1. The second kappa shape index (κ2) is 12.1. The summed E-state index contributed by atoms with van der Waals surface area (Å²) in [5.41, 5.74) is -2.60. The van der Waals surface area contributed by atoms with Gasteiger partial charge in [-0.2, -0.15) is 13.2 Å². The third-order valence-corrected chi connectivity index (χ3v) is 11.2. The first-order valence-corrected chi connectivity index (χ1v) is 17.9. The first kappa shape index (κ1) is 34.0. The first-order valence-electron chi connectivity index (χ1n) is 16.4. The lowest BCUT2D eigenvalue weighted by atomic mass is 9.59. The molecule has 266 valence electrons. The lowest BCUT2D eigenvalue weighted by molar-refractivity contribution is -0.137. The van der Waals surface area contributed by atoms with Gasteiger partial charge in [0.1, 0.15) is 17.0 Å². The molecule has 2 atom stereocenters. The molecule has 7 rings (SSSR count). The lowest BCUT2D eigenvalue weighted by Crippen LogP contribution is -2.70. The van der Waals surface area contributed by atoms with Crippen LogP contribution in [-0.2, 0) is 25.7 Å². The van der Waals surface area contributed by atoms with Gasteiger partial charge in [-0.3, -0.25) is 0 Å². The van der Waals surface area contributed by atoms with E-state index in [-0.39, 0.29) is 44.9 Å². The standard InChI is InChI=1S/C34H38F3N7O5S/c1-21-18-48-15-14-43(21)27-11-10-23-24(17-44(29(23)40-27)50(46,47)22-8-6-5-7-9-22)28-25(34(35,36)37)16-38-30(41-28)39-26-12-13-33(26)19-42(20-33)31(45)49-32(2,3)4/h5-11,16-17,21,26H,12-15,18-20H2,1-4H3,(H,38,39,41)/t21-,26+/m0/s1. The Labute approximate surface area is 287 Å². The predicted molar refractivity (Wildman–Crippen MR) is 179 cm³/mol. The van der Waals surface area contributed by atoms with Gasteiger partial charge in [0, 0.05) is 54.4 Å². The third kappa shape index (κ3) is 6.12. The number of rotatable bonds is 6. The monoisotopic (exact) mass is 713 g/mol. The number of morpholine rings is 1. The van der Waals surface area contributed by atoms with Crippen molar-refractivity contribution in [3.05, 3.63) is 60.4 Å². The van der Waals surface area contributed by atoms with Gasteiger partial charge in [-0.15, -0.1) is 0 Å². The Morgan fingerprint density at radius 3 is 2.46 bits per heavy atom. The van der Waals surface area contributed by atoms with Gasteiger partial charge >= 0.3 is 12.3 Å². The molecular formula is C34H38F3N7O5S. The Morgan fingerprint density at radius 1 is 1.08 bits per heavy atom. The number of hydrogen-bond acceptors (Lipinski definition) is 10. The van der Waals surface area contributed by atoms with Crippen molar-refractivity contribution in [2.45, 2.75) is 69.3 Å². The van der Waals surface area contributed by atoms with E-state index >= 15 is 0 Å². The maximum Gasteiger partial charge on any atom is 0.419 e. The van der Waals surface area contributed by atoms with Gasteiger partial charge < -0.3 is 24.6 Å². The molecule has 0 radical (unpaired) electrons. The SMILES string of the molecule is C[C@H]1COCCN1c1ccc2c(-c3nc(N[C@@H]4CCC45CN(C(=O)OC(C)(C)C)C5)ncc3C(F)(F)F)cn(S(=O)(=O)c3ccccc3)c2n1. The number of halogens is 3. The fourth-order valence-corrected chi connectivity index (χ4v) is 8.20. The van der Waals surface area contributed by atoms with E-state index in [1.165, 1.54) is 12.1 Å². The largest absolute Gasteiger partial charge is 0.444 e. The first-order chi connectivity index (χ1) is 23.6. The van der Waals surface area contributed by atoms with Crippen LogP contribution in [0.4, 0.5) is 29.7 Å². The van der Waals surface area contributed by atoms with Gasteiger partial charge in [0.25, 0.3) is 10.0 Å². The highest BCUT2D eigenvalue weighted by Crippen LogP contribution is 2.50. The number of hydrogen-bond donors (Lipinski definition) is 1. The second-order valence-electron chi connectivity index (χ2n) is 14.2. The van der Waals surface area contributed by atoms with E-state index in [0.717, 1.165) is 22.8 Å². The van der Waals surface area contributed by atoms with Gasteiger partial charge in [-0.05, 0) is 64.8 Å². The van der Waals surface area contributed by atoms with Gasteiger partial charge in [0.15, 0.2) is 5.65 Å². The van der Waals surface area contributed by atoms with Gasteiger partial charge in [0.2, 0.25) is 5.95 Å². The predicted octanol–water partition coefficient (Wildman–Crippen LogP) is 5.79. The molecule has 1 aromatic carbocycles. The van der Waals surface area contributed by atoms with Crippen LogP contribution in [0.1, 0.15) is 46.1 Å². The molecule has 4 aromatic rings. The smallest absolute Gasteiger partial charge is 0.419 e. The van der Waals surface area contributed by atoms with Crippen LogP contribution in [0, 0.1) is 5.41 Å². The van der Waals surface area contributed by atoms with Crippen molar-refractivity contribution in [2.75, 3.05) is 43.1 Å². The molecule has 1 aliphatic carbocycles. The van der Waals surface area contributed by atoms with Crippen LogP contribution in [0.15, 0.2) is 59.8 Å². The molecule has 0 unspecified atom stereocenters. The summed E-state index contributed by atoms with van der Waals surface area (Å²) < 4.78 is 83.8. The van der Waals surface area contributed by atoms with Crippen molar-refractivity contribution in [1.82, 2.24) is 23.8 Å². The third-order valence-electron chi connectivity index (χ3n) is 9.55. The van der Waals surface area contributed by atoms with Crippen LogP contribution < -0.4 is 10.2 Å². The number of carbonyl (C=O) groups is 1. The van der Waals surface area contributed by atoms with Crippen LogP contribution in [0.3, 0.4) is 0 Å². The number of pyridine rings is 1. The molecule has 1 spiro atoms. The lowest BCUT2D eigenvalue weighted by Gasteiger charge is -2.60. The number of alkyl halides is 3. The van der Waals surface area contributed by atoms with Crippen LogP contribution in [-0.4, -0.2) is 88.9 Å². The van der Waals surface area contributed by atoms with Gasteiger partial charge in [0.05, 0.1) is 29.8 Å². The quantitative estimate of drug-likeness (QED) is 0.262. The number of nitrogens with zero attached hydrogens (tertiary/aromatic N) is 6. The zero-order chi connectivity index (χ0) is 35.6. The molecule has 2 saturated heterocycles. The summed E-state index contributed by atoms with van der Waals surface area (Å²) in [7, 11) is -4.29. The fraction of sp³-hybridized carbons (Fsp3) is 0.471. The molecule has 5 heterocycles. The van der Waals surface area contributed by atoms with E-state index in [2.05, 4.69) is 15.3 Å². The molecule has 12 nitrogen and oxygen atoms in total. The maximum absolute atomic E-state index is 14.6. The minimum Gasteiger partial charge on any atom is -0.444 e. The molecular weight excluding hydrogens is 675 g/mol. The van der Waals surface area contributed by atoms with Crippen molar-refractivity contribution < 1.29 is 35.9 Å². The number of nitrogens with one attached hydrogen (secondary N) is 1. The number of carbonyl (C=O) groups excluding carboxylic acids is 1. The number of fused-ring (bicyclic) bond motifs is 1. The highest BCUT2D eigenvalue weighted by atomic mass is 32.2. The van der Waals surface area contributed by atoms with E-state index in [9.17, 15) is 26.4 Å². The number of likely N-dealkylation sites (tertiary alicyclic amines) is 1. The highest BCUT2D eigenvalue weighted by Gasteiger charge is 2.57. The van der Waals surface area contributed by atoms with Crippen molar-refractivity contribution in [1.29, 1.82) is 0 Å². The minimum absolute atomic E-state index is 0.0315. The summed E-state index contributed by atoms with van der Waals surface area (Å²) in [6.45, 7) is 9.61. The van der Waals surface area contributed by atoms with Crippen molar-refractivity contribution in [3.63, 3.8) is 0 Å². The van der Waals surface area contributed by atoms with Crippen molar-refractivity contribution in [2.24, 2.45) is 5.41 Å². The average molecular weight is 714 g/mol. The van der Waals surface area contributed by atoms with E-state index in [0.29, 0.717) is 45.1 Å². The molecule has 2 aliphatic heterocycles. The van der Waals surface area contributed by atoms with Crippen LogP contribution in [0.5, 0.6) is 0 Å². The average Bonchev–Trinajstić information content (AvgIpc) is 3.41. The van der Waals surface area contributed by atoms with E-state index in [1.807, 2.05) is 11.8 Å². The summed E-state index contributed by atoms with van der Waals surface area (Å²) in [5, 5.41) is 3.39. The number of benzene rings is 1. The van der Waals surface area contributed by atoms with Gasteiger partial charge in [-0.25, -0.2) is 32.1 Å². The summed E-state index contributed by atoms with van der Waals surface area (Å²) >= 11 is 0. The molecule has 3 aliphatic rings. The molecule has 16 heteroatoms. The van der Waals surface area contributed by atoms with Crippen LogP contribution in [0.25, 0.3) is 22.3 Å². The molecule has 50 heavy (non-hydrogen) atoms. The van der Waals surface area contributed by atoms with E-state index in [4.69, 9.17) is 14.5 Å². The van der Waals surface area contributed by atoms with Gasteiger partial charge in [-0.1, -0.05) is 18.2 Å². The topological polar surface area (TPSA) is 132 Å². The molecule has 0 bridgehead atoms. The Hall–Kier alpha value is -4.44. The van der Waals surface area contributed by atoms with E-state index in [1.54, 1.807) is 56.0 Å². The van der Waals surface area contributed by atoms with Crippen LogP contribution >= 0.6 is 0 Å². The number of ether oxygens (including phenoxy) is 2. The highest BCUT2D eigenvalue weighted by molar-refractivity contribution is 7.90. The zero-order valence-electron chi connectivity index (χ0n) is 28.1. The maximum atomic E-state index is 14.6. The number of anilines is 2.